The van der Waals surface area contributed by atoms with Crippen molar-refractivity contribution in [1.29, 1.82) is 0 Å². The van der Waals surface area contributed by atoms with Crippen LogP contribution in [0.15, 0.2) is 36.8 Å². The third-order valence-electron chi connectivity index (χ3n) is 7.01. The molecule has 1 aliphatic heterocycles. The first-order chi connectivity index (χ1) is 15.0. The highest BCUT2D eigenvalue weighted by Crippen LogP contribution is 2.39. The van der Waals surface area contributed by atoms with E-state index in [1.807, 2.05) is 23.1 Å². The van der Waals surface area contributed by atoms with Gasteiger partial charge in [-0.1, -0.05) is 13.8 Å². The first-order valence-corrected chi connectivity index (χ1v) is 11.1. The maximum Gasteiger partial charge on any atom is 0.254 e. The van der Waals surface area contributed by atoms with Crippen LogP contribution in [0.2, 0.25) is 0 Å². The van der Waals surface area contributed by atoms with Gasteiger partial charge in [-0.3, -0.25) is 4.79 Å². The van der Waals surface area contributed by atoms with Gasteiger partial charge in [0, 0.05) is 52.6 Å². The molecule has 0 atom stereocenters. The van der Waals surface area contributed by atoms with E-state index in [0.717, 1.165) is 52.8 Å². The lowest BCUT2D eigenvalue weighted by atomic mass is 9.76. The molecular weight excluding hydrogens is 386 g/mol. The Morgan fingerprint density at radius 2 is 2.03 bits per heavy atom. The third kappa shape index (κ3) is 3.09. The van der Waals surface area contributed by atoms with Gasteiger partial charge in [-0.05, 0) is 54.5 Å². The number of hydrogen-bond donors (Lipinski definition) is 3. The molecule has 0 spiro atoms. The van der Waals surface area contributed by atoms with E-state index in [-0.39, 0.29) is 5.91 Å². The van der Waals surface area contributed by atoms with Gasteiger partial charge < -0.3 is 19.9 Å². The summed E-state index contributed by atoms with van der Waals surface area (Å²) in [5.41, 5.74) is 9.46. The van der Waals surface area contributed by atoms with Gasteiger partial charge in [0.2, 0.25) is 0 Å². The Balaban J connectivity index is 1.30. The van der Waals surface area contributed by atoms with Crippen LogP contribution < -0.4 is 0 Å². The number of H-pyrrole nitrogens is 3. The van der Waals surface area contributed by atoms with Gasteiger partial charge >= 0.3 is 0 Å². The SMILES string of the molecule is CC1(C)CCc2c(-c3cc4cc(C(=O)N5CCc6nc[nH]c6C5)ccc4[nH]3)c[nH]c2C1. The van der Waals surface area contributed by atoms with Gasteiger partial charge in [0.15, 0.2) is 0 Å². The lowest BCUT2D eigenvalue weighted by Crippen LogP contribution is -2.36. The average Bonchev–Trinajstić information content (AvgIpc) is 3.48. The highest BCUT2D eigenvalue weighted by molar-refractivity contribution is 5.99. The van der Waals surface area contributed by atoms with Crippen molar-refractivity contribution in [3.63, 3.8) is 0 Å². The van der Waals surface area contributed by atoms with Crippen LogP contribution in [0.25, 0.3) is 22.2 Å². The number of nitrogens with one attached hydrogen (secondary N) is 3. The number of hydrogen-bond acceptors (Lipinski definition) is 2. The Labute approximate surface area is 181 Å². The second-order valence-corrected chi connectivity index (χ2v) is 9.79. The summed E-state index contributed by atoms with van der Waals surface area (Å²) in [6.45, 7) is 5.98. The largest absolute Gasteiger partial charge is 0.364 e. The predicted molar refractivity (Wildman–Crippen MR) is 121 cm³/mol. The molecule has 0 bridgehead atoms. The zero-order valence-electron chi connectivity index (χ0n) is 18.0. The number of fused-ring (bicyclic) bond motifs is 3. The van der Waals surface area contributed by atoms with E-state index < -0.39 is 0 Å². The minimum Gasteiger partial charge on any atom is -0.364 e. The highest BCUT2D eigenvalue weighted by Gasteiger charge is 2.28. The normalized spacial score (nSPS) is 17.5. The van der Waals surface area contributed by atoms with Crippen molar-refractivity contribution in [3.8, 4) is 11.3 Å². The fourth-order valence-electron chi connectivity index (χ4n) is 5.19. The Hall–Kier alpha value is -3.28. The lowest BCUT2D eigenvalue weighted by Gasteiger charge is -2.29. The van der Waals surface area contributed by atoms with Crippen LogP contribution >= 0.6 is 0 Å². The molecule has 0 radical (unpaired) electrons. The van der Waals surface area contributed by atoms with Gasteiger partial charge in [-0.25, -0.2) is 4.98 Å². The van der Waals surface area contributed by atoms with Crippen LogP contribution in [0.3, 0.4) is 0 Å². The van der Waals surface area contributed by atoms with Crippen molar-refractivity contribution in [2.24, 2.45) is 5.41 Å². The molecule has 6 rings (SSSR count). The van der Waals surface area contributed by atoms with E-state index in [1.54, 1.807) is 6.33 Å². The van der Waals surface area contributed by atoms with Gasteiger partial charge in [0.05, 0.1) is 24.3 Å². The number of carbonyl (C=O) groups excluding carboxylic acids is 1. The topological polar surface area (TPSA) is 80.6 Å². The molecule has 0 saturated carbocycles. The number of nitrogens with zero attached hydrogens (tertiary/aromatic N) is 2. The van der Waals surface area contributed by atoms with Crippen molar-refractivity contribution < 1.29 is 4.79 Å². The molecule has 1 aliphatic carbocycles. The minimum absolute atomic E-state index is 0.0751. The summed E-state index contributed by atoms with van der Waals surface area (Å²) in [6, 6.07) is 8.16. The maximum absolute atomic E-state index is 13.1. The predicted octanol–water partition coefficient (Wildman–Crippen LogP) is 4.60. The van der Waals surface area contributed by atoms with Crippen LogP contribution in [0, 0.1) is 5.41 Å². The number of amides is 1. The molecule has 1 aromatic carbocycles. The Bertz CT molecular complexity index is 1300. The molecule has 0 unspecified atom stereocenters. The zero-order chi connectivity index (χ0) is 21.2. The van der Waals surface area contributed by atoms with Crippen molar-refractivity contribution >= 4 is 16.8 Å². The molecule has 4 aromatic rings. The Kier molecular flexibility index (Phi) is 3.94. The van der Waals surface area contributed by atoms with Crippen LogP contribution in [0.1, 0.15) is 53.3 Å². The molecule has 4 heterocycles. The van der Waals surface area contributed by atoms with E-state index in [0.29, 0.717) is 18.5 Å². The van der Waals surface area contributed by atoms with E-state index in [2.05, 4.69) is 46.0 Å². The second-order valence-electron chi connectivity index (χ2n) is 9.79. The number of rotatable bonds is 2. The number of benzene rings is 1. The first-order valence-electron chi connectivity index (χ1n) is 11.1. The number of imidazole rings is 1. The van der Waals surface area contributed by atoms with E-state index >= 15 is 0 Å². The third-order valence-corrected chi connectivity index (χ3v) is 7.01. The van der Waals surface area contributed by atoms with E-state index in [1.165, 1.54) is 23.2 Å². The van der Waals surface area contributed by atoms with Crippen LogP contribution in [0.5, 0.6) is 0 Å². The molecule has 3 aromatic heterocycles. The van der Waals surface area contributed by atoms with Crippen molar-refractivity contribution in [2.75, 3.05) is 6.54 Å². The number of carbonyl (C=O) groups is 1. The first kappa shape index (κ1) is 18.5. The van der Waals surface area contributed by atoms with Crippen LogP contribution in [0.4, 0.5) is 0 Å². The molecule has 2 aliphatic rings. The van der Waals surface area contributed by atoms with Gasteiger partial charge in [-0.15, -0.1) is 0 Å². The minimum atomic E-state index is 0.0751. The molecule has 158 valence electrons. The zero-order valence-corrected chi connectivity index (χ0v) is 18.0. The summed E-state index contributed by atoms with van der Waals surface area (Å²) in [6.07, 6.45) is 8.05. The van der Waals surface area contributed by atoms with Gasteiger partial charge in [0.25, 0.3) is 5.91 Å². The molecule has 0 fully saturated rings. The Morgan fingerprint density at radius 1 is 1.13 bits per heavy atom. The molecule has 6 nitrogen and oxygen atoms in total. The van der Waals surface area contributed by atoms with Crippen LogP contribution in [-0.4, -0.2) is 37.3 Å². The summed E-state index contributed by atoms with van der Waals surface area (Å²) in [7, 11) is 0. The second kappa shape index (κ2) is 6.61. The van der Waals surface area contributed by atoms with Crippen molar-refractivity contribution in [1.82, 2.24) is 24.8 Å². The van der Waals surface area contributed by atoms with Crippen LogP contribution in [-0.2, 0) is 25.8 Å². The van der Waals surface area contributed by atoms with Crippen molar-refractivity contribution in [3.05, 3.63) is 65.0 Å². The molecule has 0 saturated heterocycles. The summed E-state index contributed by atoms with van der Waals surface area (Å²) >= 11 is 0. The van der Waals surface area contributed by atoms with E-state index in [9.17, 15) is 4.79 Å². The fraction of sp³-hybridized carbons (Fsp3) is 0.360. The smallest absolute Gasteiger partial charge is 0.254 e. The summed E-state index contributed by atoms with van der Waals surface area (Å²) in [5.74, 6) is 0.0751. The molecule has 1 amide bonds. The lowest BCUT2D eigenvalue weighted by molar-refractivity contribution is 0.0732. The fourth-order valence-corrected chi connectivity index (χ4v) is 5.19. The monoisotopic (exact) mass is 413 g/mol. The molecular formula is C25H27N5O. The summed E-state index contributed by atoms with van der Waals surface area (Å²) in [4.78, 5) is 29.6. The molecule has 3 N–H and O–H groups in total. The number of aromatic amines is 3. The summed E-state index contributed by atoms with van der Waals surface area (Å²) in [5, 5.41) is 1.08. The maximum atomic E-state index is 13.1. The average molecular weight is 414 g/mol. The highest BCUT2D eigenvalue weighted by atomic mass is 16.2. The number of aromatic nitrogens is 4. The standard InChI is InChI=1S/C25H27N5O/c1-25(2)7-5-17-18(12-26-22(17)11-25)21-10-16-9-15(3-4-19(16)29-21)24(31)30-8-6-20-23(13-30)28-14-27-20/h3-4,9-10,12,14,26,29H,5-8,11,13H2,1-2H3,(H,27,28). The van der Waals surface area contributed by atoms with Gasteiger partial charge in [0.1, 0.15) is 0 Å². The molecule has 31 heavy (non-hydrogen) atoms. The Morgan fingerprint density at radius 3 is 2.94 bits per heavy atom. The van der Waals surface area contributed by atoms with Crippen molar-refractivity contribution in [2.45, 2.75) is 46.1 Å². The van der Waals surface area contributed by atoms with E-state index in [4.69, 9.17) is 0 Å². The summed E-state index contributed by atoms with van der Waals surface area (Å²) < 4.78 is 0. The quantitative estimate of drug-likeness (QED) is 0.449. The van der Waals surface area contributed by atoms with Gasteiger partial charge in [-0.2, -0.15) is 0 Å². The molecule has 6 heteroatoms.